The Labute approximate surface area is 245 Å². The number of hydrogen-bond acceptors (Lipinski definition) is 4. The molecule has 0 aliphatic rings. The third-order valence-electron chi connectivity index (χ3n) is 6.27. The van der Waals surface area contributed by atoms with Gasteiger partial charge >= 0.3 is 0 Å². The van der Waals surface area contributed by atoms with Crippen LogP contribution in [0, 0.1) is 0 Å². The molecule has 0 aromatic heterocycles. The molecule has 0 radical (unpaired) electrons. The van der Waals surface area contributed by atoms with Crippen molar-refractivity contribution in [2.45, 2.75) is 52.4 Å². The number of ether oxygens (including phenoxy) is 2. The number of para-hydroxylation sites is 2. The summed E-state index contributed by atoms with van der Waals surface area (Å²) in [6.45, 7) is 6.77. The highest BCUT2D eigenvalue weighted by Gasteiger charge is 2.05. The van der Waals surface area contributed by atoms with Crippen LogP contribution in [0.4, 0.5) is 11.4 Å². The quantitative estimate of drug-likeness (QED) is 0.145. The summed E-state index contributed by atoms with van der Waals surface area (Å²) in [5.41, 5.74) is 4.25. The summed E-state index contributed by atoms with van der Waals surface area (Å²) < 4.78 is 11.4. The molecule has 0 heterocycles. The van der Waals surface area contributed by atoms with Gasteiger partial charge in [-0.1, -0.05) is 87.4 Å². The molecule has 5 nitrogen and oxygen atoms in total. The number of carbonyl (C=O) groups is 1. The van der Waals surface area contributed by atoms with Gasteiger partial charge in [0.25, 0.3) is 0 Å². The number of hydrogen-bond donors (Lipinski definition) is 2. The fourth-order valence-electron chi connectivity index (χ4n) is 4.02. The topological polar surface area (TPSA) is 59.6 Å². The van der Waals surface area contributed by atoms with E-state index in [1.165, 1.54) is 17.7 Å². The lowest BCUT2D eigenvalue weighted by Crippen LogP contribution is -2.14. The molecule has 0 bridgehead atoms. The number of rotatable bonds is 15. The van der Waals surface area contributed by atoms with Gasteiger partial charge in [0, 0.05) is 17.9 Å². The number of benzene rings is 4. The van der Waals surface area contributed by atoms with Crippen LogP contribution >= 0.6 is 0 Å². The van der Waals surface area contributed by atoms with E-state index in [-0.39, 0.29) is 5.91 Å². The first kappa shape index (κ1) is 31.3. The van der Waals surface area contributed by atoms with Crippen LogP contribution < -0.4 is 20.1 Å². The van der Waals surface area contributed by atoms with Gasteiger partial charge in [0.15, 0.2) is 0 Å². The number of nitrogens with one attached hydrogen (secondary N) is 2. The first-order valence-electron chi connectivity index (χ1n) is 14.7. The molecular formula is C36H44N2O3. The molecule has 0 aliphatic heterocycles. The van der Waals surface area contributed by atoms with Gasteiger partial charge in [0.1, 0.15) is 11.5 Å². The molecular weight excluding hydrogens is 508 g/mol. The van der Waals surface area contributed by atoms with E-state index < -0.39 is 0 Å². The van der Waals surface area contributed by atoms with Gasteiger partial charge in [-0.2, -0.15) is 0 Å². The molecule has 0 spiro atoms. The molecule has 5 heteroatoms. The molecule has 216 valence electrons. The van der Waals surface area contributed by atoms with Gasteiger partial charge < -0.3 is 20.1 Å². The van der Waals surface area contributed by atoms with Crippen molar-refractivity contribution < 1.29 is 14.3 Å². The van der Waals surface area contributed by atoms with Gasteiger partial charge in [-0.3, -0.25) is 4.79 Å². The highest BCUT2D eigenvalue weighted by atomic mass is 16.5. The highest BCUT2D eigenvalue weighted by Crippen LogP contribution is 2.16. The van der Waals surface area contributed by atoms with Gasteiger partial charge in [-0.25, -0.2) is 0 Å². The number of anilines is 2. The predicted molar refractivity (Wildman–Crippen MR) is 171 cm³/mol. The van der Waals surface area contributed by atoms with Crippen LogP contribution in [0.1, 0.15) is 50.7 Å². The minimum absolute atomic E-state index is 0.0214. The Morgan fingerprint density at radius 1 is 0.634 bits per heavy atom. The second kappa shape index (κ2) is 18.9. The molecule has 0 aliphatic carbocycles. The molecule has 0 atom stereocenters. The van der Waals surface area contributed by atoms with Crippen LogP contribution in [-0.2, 0) is 17.6 Å². The van der Waals surface area contributed by atoms with Crippen molar-refractivity contribution in [3.05, 3.63) is 120 Å². The maximum atomic E-state index is 12.0. The fraction of sp³-hybridized carbons (Fsp3) is 0.306. The molecule has 4 aromatic carbocycles. The second-order valence-electron chi connectivity index (χ2n) is 9.83. The summed E-state index contributed by atoms with van der Waals surface area (Å²) in [5.74, 6) is 1.79. The van der Waals surface area contributed by atoms with E-state index in [1.807, 2.05) is 78.9 Å². The monoisotopic (exact) mass is 552 g/mol. The summed E-state index contributed by atoms with van der Waals surface area (Å²) in [6.07, 6.45) is 5.78. The third-order valence-corrected chi connectivity index (χ3v) is 6.27. The van der Waals surface area contributed by atoms with E-state index in [2.05, 4.69) is 54.8 Å². The largest absolute Gasteiger partial charge is 0.494 e. The summed E-state index contributed by atoms with van der Waals surface area (Å²) in [6, 6.07) is 35.9. The Morgan fingerprint density at radius 2 is 1.17 bits per heavy atom. The van der Waals surface area contributed by atoms with E-state index in [0.717, 1.165) is 68.2 Å². The van der Waals surface area contributed by atoms with Crippen molar-refractivity contribution in [1.82, 2.24) is 0 Å². The first-order valence-corrected chi connectivity index (χ1v) is 14.7. The van der Waals surface area contributed by atoms with E-state index in [0.29, 0.717) is 6.42 Å². The normalized spacial score (nSPS) is 10.2. The smallest absolute Gasteiger partial charge is 0.228 e. The van der Waals surface area contributed by atoms with Crippen molar-refractivity contribution in [1.29, 1.82) is 0 Å². The summed E-state index contributed by atoms with van der Waals surface area (Å²) in [4.78, 5) is 12.0. The third kappa shape index (κ3) is 13.1. The van der Waals surface area contributed by atoms with Crippen LogP contribution in [-0.4, -0.2) is 25.7 Å². The lowest BCUT2D eigenvalue weighted by Gasteiger charge is -2.09. The maximum absolute atomic E-state index is 12.0. The standard InChI is InChI=1S/C18H21NO2.C18H23NO/c1-2-3-12-21-17-11-7-8-15(13-17)14-18(20)19-16-9-5-4-6-10-16;1-2-3-14-20-18-11-7-8-16(15-18)12-13-19-17-9-5-4-6-10-17/h4-11,13H,2-3,12,14H2,1H3,(H,19,20);4-11,15,19H,2-3,12-14H2,1H3. The number of unbranched alkanes of at least 4 members (excludes halogenated alkanes) is 2. The van der Waals surface area contributed by atoms with Crippen molar-refractivity contribution in [3.8, 4) is 11.5 Å². The van der Waals surface area contributed by atoms with Crippen molar-refractivity contribution in [2.24, 2.45) is 0 Å². The molecule has 4 aromatic rings. The fourth-order valence-corrected chi connectivity index (χ4v) is 4.02. The SMILES string of the molecule is CCCCOc1cccc(CC(=O)Nc2ccccc2)c1.CCCCOc1cccc(CCNc2ccccc2)c1. The molecule has 0 fully saturated rings. The number of amides is 1. The van der Waals surface area contributed by atoms with Crippen LogP contribution in [0.3, 0.4) is 0 Å². The van der Waals surface area contributed by atoms with E-state index in [1.54, 1.807) is 0 Å². The van der Waals surface area contributed by atoms with Gasteiger partial charge in [-0.15, -0.1) is 0 Å². The lowest BCUT2D eigenvalue weighted by molar-refractivity contribution is -0.115. The van der Waals surface area contributed by atoms with Crippen LogP contribution in [0.25, 0.3) is 0 Å². The maximum Gasteiger partial charge on any atom is 0.228 e. The van der Waals surface area contributed by atoms with Gasteiger partial charge in [0.2, 0.25) is 5.91 Å². The number of carbonyl (C=O) groups excluding carboxylic acids is 1. The molecule has 1 amide bonds. The zero-order valence-corrected chi connectivity index (χ0v) is 24.5. The molecule has 0 saturated carbocycles. The Morgan fingerprint density at radius 3 is 1.76 bits per heavy atom. The zero-order chi connectivity index (χ0) is 29.0. The Hall–Kier alpha value is -4.25. The minimum atomic E-state index is -0.0214. The van der Waals surface area contributed by atoms with Crippen molar-refractivity contribution in [3.63, 3.8) is 0 Å². The Bertz CT molecular complexity index is 1260. The molecule has 4 rings (SSSR count). The Balaban J connectivity index is 0.000000226. The average molecular weight is 553 g/mol. The minimum Gasteiger partial charge on any atom is -0.494 e. The first-order chi connectivity index (χ1) is 20.2. The summed E-state index contributed by atoms with van der Waals surface area (Å²) in [7, 11) is 0. The molecule has 41 heavy (non-hydrogen) atoms. The van der Waals surface area contributed by atoms with Crippen LogP contribution in [0.2, 0.25) is 0 Å². The van der Waals surface area contributed by atoms with Gasteiger partial charge in [-0.05, 0) is 78.9 Å². The molecule has 2 N–H and O–H groups in total. The van der Waals surface area contributed by atoms with E-state index >= 15 is 0 Å². The summed E-state index contributed by atoms with van der Waals surface area (Å²) >= 11 is 0. The molecule has 0 saturated heterocycles. The van der Waals surface area contributed by atoms with E-state index in [9.17, 15) is 4.79 Å². The highest BCUT2D eigenvalue weighted by molar-refractivity contribution is 5.92. The molecule has 0 unspecified atom stereocenters. The lowest BCUT2D eigenvalue weighted by atomic mass is 10.1. The zero-order valence-electron chi connectivity index (χ0n) is 24.5. The predicted octanol–water partition coefficient (Wildman–Crippen LogP) is 8.57. The van der Waals surface area contributed by atoms with Crippen LogP contribution in [0.5, 0.6) is 11.5 Å². The average Bonchev–Trinajstić information content (AvgIpc) is 2.99. The summed E-state index contributed by atoms with van der Waals surface area (Å²) in [5, 5.41) is 6.31. The van der Waals surface area contributed by atoms with Crippen molar-refractivity contribution >= 4 is 17.3 Å². The van der Waals surface area contributed by atoms with Crippen LogP contribution in [0.15, 0.2) is 109 Å². The van der Waals surface area contributed by atoms with E-state index in [4.69, 9.17) is 9.47 Å². The second-order valence-corrected chi connectivity index (χ2v) is 9.83. The Kier molecular flexibility index (Phi) is 14.4. The van der Waals surface area contributed by atoms with Gasteiger partial charge in [0.05, 0.1) is 19.6 Å². The van der Waals surface area contributed by atoms with Crippen molar-refractivity contribution in [2.75, 3.05) is 30.4 Å².